The summed E-state index contributed by atoms with van der Waals surface area (Å²) in [4.78, 5) is 9.51. The standard InChI is InChI=1S/C14H12FN3S/c1-9-7-19-14-12(9)13(17-8-18-14)16-6-10-2-4-11(15)5-3-10/h2-5,7-8H,6H2,1H3,(H,16,17,18). The molecule has 3 rings (SSSR count). The number of nitrogens with one attached hydrogen (secondary N) is 1. The van der Waals surface area contributed by atoms with Crippen molar-refractivity contribution >= 4 is 27.4 Å². The fourth-order valence-corrected chi connectivity index (χ4v) is 2.83. The number of thiophene rings is 1. The molecular formula is C14H12FN3S. The molecule has 0 saturated carbocycles. The molecule has 0 aliphatic heterocycles. The van der Waals surface area contributed by atoms with Crippen LogP contribution in [0.2, 0.25) is 0 Å². The van der Waals surface area contributed by atoms with E-state index >= 15 is 0 Å². The summed E-state index contributed by atoms with van der Waals surface area (Å²) < 4.78 is 12.8. The van der Waals surface area contributed by atoms with Gasteiger partial charge in [-0.1, -0.05) is 12.1 Å². The lowest BCUT2D eigenvalue weighted by atomic mass is 10.2. The molecule has 0 amide bonds. The van der Waals surface area contributed by atoms with E-state index in [4.69, 9.17) is 0 Å². The zero-order chi connectivity index (χ0) is 13.2. The lowest BCUT2D eigenvalue weighted by Crippen LogP contribution is -2.02. The third-order valence-electron chi connectivity index (χ3n) is 2.93. The molecule has 0 fully saturated rings. The van der Waals surface area contributed by atoms with E-state index in [2.05, 4.69) is 20.7 Å². The summed E-state index contributed by atoms with van der Waals surface area (Å²) in [5.74, 6) is 0.606. The van der Waals surface area contributed by atoms with E-state index in [0.29, 0.717) is 6.54 Å². The van der Waals surface area contributed by atoms with Crippen LogP contribution in [0.3, 0.4) is 0 Å². The van der Waals surface area contributed by atoms with Crippen LogP contribution >= 0.6 is 11.3 Å². The Hall–Kier alpha value is -2.01. The van der Waals surface area contributed by atoms with E-state index < -0.39 is 0 Å². The molecular weight excluding hydrogens is 261 g/mol. The number of anilines is 1. The van der Waals surface area contributed by atoms with Crippen LogP contribution in [0, 0.1) is 12.7 Å². The van der Waals surface area contributed by atoms with Gasteiger partial charge in [0.25, 0.3) is 0 Å². The molecule has 96 valence electrons. The predicted molar refractivity (Wildman–Crippen MR) is 75.9 cm³/mol. The third-order valence-corrected chi connectivity index (χ3v) is 3.93. The zero-order valence-electron chi connectivity index (χ0n) is 10.4. The van der Waals surface area contributed by atoms with Gasteiger partial charge in [0.1, 0.15) is 22.8 Å². The van der Waals surface area contributed by atoms with Crippen molar-refractivity contribution in [2.45, 2.75) is 13.5 Å². The summed E-state index contributed by atoms with van der Waals surface area (Å²) in [5, 5.41) is 6.42. The molecule has 0 bridgehead atoms. The normalized spacial score (nSPS) is 10.8. The van der Waals surface area contributed by atoms with Gasteiger partial charge in [0.15, 0.2) is 0 Å². The van der Waals surface area contributed by atoms with Crippen LogP contribution in [0.4, 0.5) is 10.2 Å². The highest BCUT2D eigenvalue weighted by Crippen LogP contribution is 2.28. The van der Waals surface area contributed by atoms with Crippen molar-refractivity contribution in [3.63, 3.8) is 0 Å². The maximum atomic E-state index is 12.8. The van der Waals surface area contributed by atoms with Gasteiger partial charge in [0.2, 0.25) is 0 Å². The van der Waals surface area contributed by atoms with Crippen LogP contribution in [0.5, 0.6) is 0 Å². The Morgan fingerprint density at radius 2 is 2.00 bits per heavy atom. The molecule has 0 aliphatic rings. The Kier molecular flexibility index (Phi) is 3.13. The van der Waals surface area contributed by atoms with E-state index in [1.807, 2.05) is 6.92 Å². The molecule has 1 aromatic carbocycles. The Morgan fingerprint density at radius 1 is 1.21 bits per heavy atom. The van der Waals surface area contributed by atoms with E-state index in [1.165, 1.54) is 17.7 Å². The van der Waals surface area contributed by atoms with Crippen LogP contribution in [0.1, 0.15) is 11.1 Å². The molecule has 2 aromatic heterocycles. The van der Waals surface area contributed by atoms with Crippen LogP contribution in [0.25, 0.3) is 10.2 Å². The van der Waals surface area contributed by atoms with Gasteiger partial charge >= 0.3 is 0 Å². The number of aryl methyl sites for hydroxylation is 1. The number of rotatable bonds is 3. The number of benzene rings is 1. The second-order valence-electron chi connectivity index (χ2n) is 4.30. The Bertz CT molecular complexity index is 706. The first kappa shape index (κ1) is 12.0. The highest BCUT2D eigenvalue weighted by atomic mass is 32.1. The summed E-state index contributed by atoms with van der Waals surface area (Å²) in [6.07, 6.45) is 1.56. The minimum Gasteiger partial charge on any atom is -0.365 e. The molecule has 0 unspecified atom stereocenters. The van der Waals surface area contributed by atoms with Gasteiger partial charge in [-0.25, -0.2) is 14.4 Å². The fraction of sp³-hybridized carbons (Fsp3) is 0.143. The number of fused-ring (bicyclic) bond motifs is 1. The molecule has 3 aromatic rings. The first-order valence-corrected chi connectivity index (χ1v) is 6.79. The average molecular weight is 273 g/mol. The first-order chi connectivity index (χ1) is 9.24. The molecule has 0 radical (unpaired) electrons. The van der Waals surface area contributed by atoms with Gasteiger partial charge in [-0.15, -0.1) is 11.3 Å². The molecule has 0 aliphatic carbocycles. The van der Waals surface area contributed by atoms with E-state index in [1.54, 1.807) is 29.8 Å². The number of aromatic nitrogens is 2. The van der Waals surface area contributed by atoms with Gasteiger partial charge in [0.05, 0.1) is 5.39 Å². The third kappa shape index (κ3) is 2.42. The van der Waals surface area contributed by atoms with Gasteiger partial charge in [-0.05, 0) is 35.6 Å². The monoisotopic (exact) mass is 273 g/mol. The van der Waals surface area contributed by atoms with Crippen molar-refractivity contribution in [1.29, 1.82) is 0 Å². The van der Waals surface area contributed by atoms with Crippen molar-refractivity contribution in [2.24, 2.45) is 0 Å². The first-order valence-electron chi connectivity index (χ1n) is 5.91. The van der Waals surface area contributed by atoms with Crippen LogP contribution in [-0.4, -0.2) is 9.97 Å². The van der Waals surface area contributed by atoms with E-state index in [-0.39, 0.29) is 5.82 Å². The topological polar surface area (TPSA) is 37.8 Å². The Morgan fingerprint density at radius 3 is 2.79 bits per heavy atom. The molecule has 0 spiro atoms. The van der Waals surface area contributed by atoms with Crippen LogP contribution in [-0.2, 0) is 6.54 Å². The maximum Gasteiger partial charge on any atom is 0.138 e. The van der Waals surface area contributed by atoms with Crippen molar-refractivity contribution in [3.05, 3.63) is 52.9 Å². The fourth-order valence-electron chi connectivity index (χ4n) is 1.94. The van der Waals surface area contributed by atoms with Crippen molar-refractivity contribution in [3.8, 4) is 0 Å². The highest BCUT2D eigenvalue weighted by molar-refractivity contribution is 7.17. The number of hydrogen-bond donors (Lipinski definition) is 1. The maximum absolute atomic E-state index is 12.8. The van der Waals surface area contributed by atoms with Gasteiger partial charge in [-0.3, -0.25) is 0 Å². The molecule has 0 saturated heterocycles. The highest BCUT2D eigenvalue weighted by Gasteiger charge is 2.08. The minimum absolute atomic E-state index is 0.221. The number of halogens is 1. The second-order valence-corrected chi connectivity index (χ2v) is 5.16. The number of nitrogens with zero attached hydrogens (tertiary/aromatic N) is 2. The van der Waals surface area contributed by atoms with Crippen molar-refractivity contribution in [1.82, 2.24) is 9.97 Å². The molecule has 2 heterocycles. The Balaban J connectivity index is 1.85. The van der Waals surface area contributed by atoms with E-state index in [0.717, 1.165) is 21.6 Å². The van der Waals surface area contributed by atoms with E-state index in [9.17, 15) is 4.39 Å². The van der Waals surface area contributed by atoms with Crippen LogP contribution in [0.15, 0.2) is 36.0 Å². The molecule has 19 heavy (non-hydrogen) atoms. The van der Waals surface area contributed by atoms with Crippen LogP contribution < -0.4 is 5.32 Å². The molecule has 1 N–H and O–H groups in total. The van der Waals surface area contributed by atoms with Gasteiger partial charge in [0, 0.05) is 6.54 Å². The summed E-state index contributed by atoms with van der Waals surface area (Å²) in [6.45, 7) is 2.66. The molecule has 0 atom stereocenters. The minimum atomic E-state index is -0.221. The zero-order valence-corrected chi connectivity index (χ0v) is 11.2. The predicted octanol–water partition coefficient (Wildman–Crippen LogP) is 3.75. The average Bonchev–Trinajstić information content (AvgIpc) is 2.81. The molecule has 3 nitrogen and oxygen atoms in total. The second kappa shape index (κ2) is 4.93. The summed E-state index contributed by atoms with van der Waals surface area (Å²) in [5.41, 5.74) is 2.18. The van der Waals surface area contributed by atoms with Crippen molar-refractivity contribution in [2.75, 3.05) is 5.32 Å². The van der Waals surface area contributed by atoms with Gasteiger partial charge < -0.3 is 5.32 Å². The summed E-state index contributed by atoms with van der Waals surface area (Å²) >= 11 is 1.61. The SMILES string of the molecule is Cc1csc2ncnc(NCc3ccc(F)cc3)c12. The molecule has 5 heteroatoms. The Labute approximate surface area is 114 Å². The smallest absolute Gasteiger partial charge is 0.138 e. The largest absolute Gasteiger partial charge is 0.365 e. The quantitative estimate of drug-likeness (QED) is 0.789. The number of hydrogen-bond acceptors (Lipinski definition) is 4. The summed E-state index contributed by atoms with van der Waals surface area (Å²) in [6, 6.07) is 6.45. The lowest BCUT2D eigenvalue weighted by Gasteiger charge is -2.07. The summed E-state index contributed by atoms with van der Waals surface area (Å²) in [7, 11) is 0. The lowest BCUT2D eigenvalue weighted by molar-refractivity contribution is 0.627. The van der Waals surface area contributed by atoms with Crippen molar-refractivity contribution < 1.29 is 4.39 Å². The van der Waals surface area contributed by atoms with Gasteiger partial charge in [-0.2, -0.15) is 0 Å².